The Morgan fingerprint density at radius 2 is 1.96 bits per heavy atom. The fraction of sp³-hybridized carbons (Fsp3) is 0.714. The van der Waals surface area contributed by atoms with Gasteiger partial charge in [-0.3, -0.25) is 19.6 Å². The first-order valence-corrected chi connectivity index (χ1v) is 10.3. The summed E-state index contributed by atoms with van der Waals surface area (Å²) in [5, 5.41) is 0. The van der Waals surface area contributed by atoms with E-state index in [-0.39, 0.29) is 11.8 Å². The van der Waals surface area contributed by atoms with Gasteiger partial charge < -0.3 is 9.64 Å². The van der Waals surface area contributed by atoms with Crippen molar-refractivity contribution in [3.63, 3.8) is 0 Å². The second-order valence-electron chi connectivity index (χ2n) is 7.95. The van der Waals surface area contributed by atoms with Crippen LogP contribution in [0.25, 0.3) is 0 Å². The summed E-state index contributed by atoms with van der Waals surface area (Å²) in [5.74, 6) is 0.433. The average molecular weight is 375 g/mol. The molecule has 2 saturated heterocycles. The predicted octanol–water partition coefficient (Wildman–Crippen LogP) is 1.86. The Kier molecular flexibility index (Phi) is 7.61. The van der Waals surface area contributed by atoms with Crippen LogP contribution in [-0.2, 0) is 16.1 Å². The molecule has 1 aromatic heterocycles. The molecule has 2 fully saturated rings. The zero-order valence-corrected chi connectivity index (χ0v) is 16.8. The molecular weight excluding hydrogens is 340 g/mol. The van der Waals surface area contributed by atoms with Gasteiger partial charge in [0.1, 0.15) is 0 Å². The third-order valence-electron chi connectivity index (χ3n) is 6.04. The first kappa shape index (κ1) is 20.2. The van der Waals surface area contributed by atoms with Crippen LogP contribution in [0.4, 0.5) is 0 Å². The van der Waals surface area contributed by atoms with Crippen LogP contribution in [0.5, 0.6) is 0 Å². The maximum Gasteiger partial charge on any atom is 0.226 e. The van der Waals surface area contributed by atoms with Crippen LogP contribution in [0.3, 0.4) is 0 Å². The number of carbonyl (C=O) groups is 1. The highest BCUT2D eigenvalue weighted by molar-refractivity contribution is 5.78. The Hall–Kier alpha value is -1.50. The Morgan fingerprint density at radius 3 is 2.67 bits per heavy atom. The summed E-state index contributed by atoms with van der Waals surface area (Å²) < 4.78 is 5.11. The first-order valence-electron chi connectivity index (χ1n) is 10.3. The highest BCUT2D eigenvalue weighted by atomic mass is 16.5. The second kappa shape index (κ2) is 10.2. The number of carbonyl (C=O) groups excluding carboxylic acids is 1. The lowest BCUT2D eigenvalue weighted by Gasteiger charge is -2.42. The molecule has 150 valence electrons. The van der Waals surface area contributed by atoms with Crippen LogP contribution < -0.4 is 0 Å². The third kappa shape index (κ3) is 5.74. The predicted molar refractivity (Wildman–Crippen MR) is 106 cm³/mol. The van der Waals surface area contributed by atoms with E-state index >= 15 is 0 Å². The Labute approximate surface area is 163 Å². The van der Waals surface area contributed by atoms with Gasteiger partial charge in [-0.05, 0) is 63.0 Å². The van der Waals surface area contributed by atoms with E-state index < -0.39 is 0 Å². The van der Waals surface area contributed by atoms with Crippen molar-refractivity contribution < 1.29 is 9.53 Å². The molecule has 1 aromatic rings. The van der Waals surface area contributed by atoms with Crippen molar-refractivity contribution in [2.24, 2.45) is 5.92 Å². The third-order valence-corrected chi connectivity index (χ3v) is 6.04. The monoisotopic (exact) mass is 374 g/mol. The van der Waals surface area contributed by atoms with Crippen LogP contribution in [0.15, 0.2) is 24.5 Å². The van der Waals surface area contributed by atoms with Gasteiger partial charge in [0.15, 0.2) is 0 Å². The minimum atomic E-state index is 0.149. The Balaban J connectivity index is 1.46. The van der Waals surface area contributed by atoms with Gasteiger partial charge >= 0.3 is 0 Å². The summed E-state index contributed by atoms with van der Waals surface area (Å²) in [6, 6.07) is 4.83. The number of pyridine rings is 1. The van der Waals surface area contributed by atoms with E-state index in [1.807, 2.05) is 24.3 Å². The Bertz CT molecular complexity index is 575. The number of piperidine rings is 2. The smallest absolute Gasteiger partial charge is 0.226 e. The van der Waals surface area contributed by atoms with E-state index in [2.05, 4.69) is 26.9 Å². The minimum absolute atomic E-state index is 0.149. The molecule has 2 aliphatic heterocycles. The molecule has 0 bridgehead atoms. The number of methoxy groups -OCH3 is 1. The van der Waals surface area contributed by atoms with E-state index in [1.165, 1.54) is 18.4 Å². The van der Waals surface area contributed by atoms with Gasteiger partial charge in [-0.2, -0.15) is 0 Å². The number of likely N-dealkylation sites (tertiary alicyclic amines) is 2. The van der Waals surface area contributed by atoms with Gasteiger partial charge in [0, 0.05) is 52.2 Å². The molecule has 0 unspecified atom stereocenters. The fourth-order valence-corrected chi connectivity index (χ4v) is 4.38. The molecule has 0 aromatic carbocycles. The summed E-state index contributed by atoms with van der Waals surface area (Å²) in [6.07, 6.45) is 8.30. The molecule has 1 amide bonds. The number of rotatable bonds is 7. The summed E-state index contributed by atoms with van der Waals surface area (Å²) in [4.78, 5) is 23.8. The van der Waals surface area contributed by atoms with Crippen molar-refractivity contribution in [3.05, 3.63) is 30.1 Å². The molecule has 6 nitrogen and oxygen atoms in total. The quantitative estimate of drug-likeness (QED) is 0.729. The molecule has 0 N–H and O–H groups in total. The SMILES string of the molecule is COCCN(C)C(=O)[C@@H]1CCCN(C2CCN(Cc3ccncc3)CC2)C1. The number of hydrogen-bond donors (Lipinski definition) is 0. The van der Waals surface area contributed by atoms with Gasteiger partial charge in [0.25, 0.3) is 0 Å². The van der Waals surface area contributed by atoms with Crippen molar-refractivity contribution >= 4 is 5.91 Å². The molecular formula is C21H34N4O2. The van der Waals surface area contributed by atoms with Crippen LogP contribution >= 0.6 is 0 Å². The standard InChI is InChI=1S/C21H34N4O2/c1-23(14-15-27-2)21(26)19-4-3-11-25(17-19)20-7-12-24(13-8-20)16-18-5-9-22-10-6-18/h5-6,9-10,19-20H,3-4,7-8,11-17H2,1-2H3/t19-/m1/s1. The maximum atomic E-state index is 12.7. The lowest BCUT2D eigenvalue weighted by molar-refractivity contribution is -0.137. The van der Waals surface area contributed by atoms with E-state index in [1.54, 1.807) is 7.11 Å². The first-order chi connectivity index (χ1) is 13.2. The highest BCUT2D eigenvalue weighted by Gasteiger charge is 2.32. The number of likely N-dealkylation sites (N-methyl/N-ethyl adjacent to an activating group) is 1. The van der Waals surface area contributed by atoms with Gasteiger partial charge in [0.05, 0.1) is 12.5 Å². The molecule has 27 heavy (non-hydrogen) atoms. The molecule has 6 heteroatoms. The van der Waals surface area contributed by atoms with Gasteiger partial charge in [-0.25, -0.2) is 0 Å². The number of aromatic nitrogens is 1. The number of ether oxygens (including phenoxy) is 1. The van der Waals surface area contributed by atoms with E-state index in [4.69, 9.17) is 4.74 Å². The number of hydrogen-bond acceptors (Lipinski definition) is 5. The topological polar surface area (TPSA) is 48.9 Å². The van der Waals surface area contributed by atoms with Crippen molar-refractivity contribution in [1.29, 1.82) is 0 Å². The highest BCUT2D eigenvalue weighted by Crippen LogP contribution is 2.25. The van der Waals surface area contributed by atoms with E-state index in [0.717, 1.165) is 45.6 Å². The molecule has 0 spiro atoms. The van der Waals surface area contributed by atoms with Crippen LogP contribution in [-0.4, -0.2) is 85.1 Å². The molecule has 0 radical (unpaired) electrons. The zero-order chi connectivity index (χ0) is 19.1. The normalized spacial score (nSPS) is 22.7. The molecule has 3 heterocycles. The largest absolute Gasteiger partial charge is 0.383 e. The van der Waals surface area contributed by atoms with Gasteiger partial charge in [0.2, 0.25) is 5.91 Å². The molecule has 1 atom stereocenters. The lowest BCUT2D eigenvalue weighted by Crippen LogP contribution is -2.51. The van der Waals surface area contributed by atoms with Crippen molar-refractivity contribution in [2.45, 2.75) is 38.3 Å². The summed E-state index contributed by atoms with van der Waals surface area (Å²) in [7, 11) is 3.58. The molecule has 0 aliphatic carbocycles. The minimum Gasteiger partial charge on any atom is -0.383 e. The molecule has 3 rings (SSSR count). The van der Waals surface area contributed by atoms with Gasteiger partial charge in [-0.1, -0.05) is 0 Å². The van der Waals surface area contributed by atoms with Crippen LogP contribution in [0.1, 0.15) is 31.2 Å². The molecule has 0 saturated carbocycles. The van der Waals surface area contributed by atoms with Crippen molar-refractivity contribution in [3.8, 4) is 0 Å². The zero-order valence-electron chi connectivity index (χ0n) is 16.8. The summed E-state index contributed by atoms with van der Waals surface area (Å²) in [6.45, 7) is 6.63. The summed E-state index contributed by atoms with van der Waals surface area (Å²) in [5.41, 5.74) is 1.34. The second-order valence-corrected chi connectivity index (χ2v) is 7.95. The fourth-order valence-electron chi connectivity index (χ4n) is 4.38. The van der Waals surface area contributed by atoms with Crippen LogP contribution in [0.2, 0.25) is 0 Å². The van der Waals surface area contributed by atoms with Crippen molar-refractivity contribution in [1.82, 2.24) is 19.7 Å². The van der Waals surface area contributed by atoms with E-state index in [0.29, 0.717) is 19.2 Å². The number of nitrogens with zero attached hydrogens (tertiary/aromatic N) is 4. The molecule has 2 aliphatic rings. The average Bonchev–Trinajstić information content (AvgIpc) is 2.73. The number of amides is 1. The Morgan fingerprint density at radius 1 is 1.22 bits per heavy atom. The van der Waals surface area contributed by atoms with Crippen LogP contribution in [0, 0.1) is 5.92 Å². The van der Waals surface area contributed by atoms with Crippen molar-refractivity contribution in [2.75, 3.05) is 53.5 Å². The summed E-state index contributed by atoms with van der Waals surface area (Å²) >= 11 is 0. The lowest BCUT2D eigenvalue weighted by atomic mass is 9.93. The van der Waals surface area contributed by atoms with E-state index in [9.17, 15) is 4.79 Å². The maximum absolute atomic E-state index is 12.7. The van der Waals surface area contributed by atoms with Gasteiger partial charge in [-0.15, -0.1) is 0 Å².